The number of aryl methyl sites for hydroxylation is 1. The number of carbonyl (C=O) groups is 1. The Bertz CT molecular complexity index is 517. The lowest BCUT2D eigenvalue weighted by Gasteiger charge is -2.02. The van der Waals surface area contributed by atoms with Crippen LogP contribution in [0.5, 0.6) is 5.75 Å². The Morgan fingerprint density at radius 3 is 2.71 bits per heavy atom. The minimum absolute atomic E-state index is 0.133. The average Bonchev–Trinajstić information content (AvgIpc) is 2.73. The summed E-state index contributed by atoms with van der Waals surface area (Å²) in [5.41, 5.74) is 1.16. The predicted molar refractivity (Wildman–Crippen MR) is 60.5 cm³/mol. The number of hydrogen-bond donors (Lipinski definition) is 2. The summed E-state index contributed by atoms with van der Waals surface area (Å²) in [6.45, 7) is 2.11. The third kappa shape index (κ3) is 2.84. The highest BCUT2D eigenvalue weighted by Crippen LogP contribution is 2.09. The first kappa shape index (κ1) is 11.2. The van der Waals surface area contributed by atoms with Crippen LogP contribution in [0.1, 0.15) is 21.8 Å². The van der Waals surface area contributed by atoms with E-state index >= 15 is 0 Å². The number of aromatic hydroxyl groups is 1. The quantitative estimate of drug-likeness (QED) is 0.843. The van der Waals surface area contributed by atoms with E-state index in [0.29, 0.717) is 23.6 Å². The van der Waals surface area contributed by atoms with Crippen molar-refractivity contribution >= 4 is 5.91 Å². The fraction of sp³-hybridized carbons (Fsp3) is 0.167. The summed E-state index contributed by atoms with van der Waals surface area (Å²) in [5.74, 6) is 0.623. The zero-order chi connectivity index (χ0) is 12.3. The standard InChI is InChI=1S/C12H12N2O3/c1-8-6-10(14-17-8)7-13-12(16)9-2-4-11(15)5-3-9/h2-6,15H,7H2,1H3,(H,13,16). The first-order chi connectivity index (χ1) is 8.15. The molecule has 1 aromatic carbocycles. The summed E-state index contributed by atoms with van der Waals surface area (Å²) < 4.78 is 4.88. The van der Waals surface area contributed by atoms with Crippen LogP contribution in [0.4, 0.5) is 0 Å². The lowest BCUT2D eigenvalue weighted by Crippen LogP contribution is -2.22. The van der Waals surface area contributed by atoms with Crippen molar-refractivity contribution in [1.82, 2.24) is 10.5 Å². The number of amides is 1. The molecule has 0 spiro atoms. The number of nitrogens with zero attached hydrogens (tertiary/aromatic N) is 1. The zero-order valence-corrected chi connectivity index (χ0v) is 9.30. The van der Waals surface area contributed by atoms with Crippen LogP contribution in [0.2, 0.25) is 0 Å². The van der Waals surface area contributed by atoms with Gasteiger partial charge in [-0.3, -0.25) is 4.79 Å². The van der Waals surface area contributed by atoms with Crippen molar-refractivity contribution in [3.05, 3.63) is 47.3 Å². The van der Waals surface area contributed by atoms with Crippen LogP contribution >= 0.6 is 0 Å². The summed E-state index contributed by atoms with van der Waals surface area (Å²) in [4.78, 5) is 11.7. The number of phenolic OH excluding ortho intramolecular Hbond substituents is 1. The van der Waals surface area contributed by atoms with E-state index in [1.54, 1.807) is 25.1 Å². The van der Waals surface area contributed by atoms with Gasteiger partial charge in [0.2, 0.25) is 0 Å². The number of carbonyl (C=O) groups excluding carboxylic acids is 1. The van der Waals surface area contributed by atoms with E-state index in [-0.39, 0.29) is 11.7 Å². The van der Waals surface area contributed by atoms with Gasteiger partial charge in [0, 0.05) is 11.6 Å². The first-order valence-electron chi connectivity index (χ1n) is 5.14. The molecule has 1 aromatic heterocycles. The van der Waals surface area contributed by atoms with Crippen molar-refractivity contribution in [3.63, 3.8) is 0 Å². The van der Waals surface area contributed by atoms with Crippen molar-refractivity contribution in [2.24, 2.45) is 0 Å². The molecule has 17 heavy (non-hydrogen) atoms. The Kier molecular flexibility index (Phi) is 3.09. The zero-order valence-electron chi connectivity index (χ0n) is 9.30. The highest BCUT2D eigenvalue weighted by molar-refractivity contribution is 5.94. The number of aromatic nitrogens is 1. The number of phenols is 1. The van der Waals surface area contributed by atoms with Crippen molar-refractivity contribution in [1.29, 1.82) is 0 Å². The van der Waals surface area contributed by atoms with Gasteiger partial charge in [-0.2, -0.15) is 0 Å². The van der Waals surface area contributed by atoms with Crippen LogP contribution < -0.4 is 5.32 Å². The average molecular weight is 232 g/mol. The number of nitrogens with one attached hydrogen (secondary N) is 1. The lowest BCUT2D eigenvalue weighted by atomic mass is 10.2. The third-order valence-corrected chi connectivity index (χ3v) is 2.24. The maximum Gasteiger partial charge on any atom is 0.251 e. The first-order valence-corrected chi connectivity index (χ1v) is 5.14. The molecule has 0 bridgehead atoms. The lowest BCUT2D eigenvalue weighted by molar-refractivity contribution is 0.0950. The van der Waals surface area contributed by atoms with Gasteiger partial charge in [0.05, 0.1) is 6.54 Å². The van der Waals surface area contributed by atoms with Crippen LogP contribution in [0.15, 0.2) is 34.9 Å². The smallest absolute Gasteiger partial charge is 0.251 e. The minimum Gasteiger partial charge on any atom is -0.508 e. The molecule has 2 aromatic rings. The molecule has 88 valence electrons. The molecule has 2 rings (SSSR count). The molecule has 0 fully saturated rings. The molecular weight excluding hydrogens is 220 g/mol. The van der Waals surface area contributed by atoms with Gasteiger partial charge in [-0.1, -0.05) is 5.16 Å². The van der Waals surface area contributed by atoms with Gasteiger partial charge < -0.3 is 14.9 Å². The van der Waals surface area contributed by atoms with Crippen LogP contribution in [-0.2, 0) is 6.54 Å². The van der Waals surface area contributed by atoms with E-state index in [9.17, 15) is 4.79 Å². The molecule has 0 aliphatic carbocycles. The number of rotatable bonds is 3. The maximum atomic E-state index is 11.7. The molecule has 0 radical (unpaired) electrons. The summed E-state index contributed by atoms with van der Waals surface area (Å²) in [7, 11) is 0. The monoisotopic (exact) mass is 232 g/mol. The second-order valence-corrected chi connectivity index (χ2v) is 3.66. The van der Waals surface area contributed by atoms with Crippen molar-refractivity contribution < 1.29 is 14.4 Å². The highest BCUT2D eigenvalue weighted by atomic mass is 16.5. The summed E-state index contributed by atoms with van der Waals surface area (Å²) in [5, 5.41) is 15.6. The van der Waals surface area contributed by atoms with E-state index in [1.165, 1.54) is 12.1 Å². The van der Waals surface area contributed by atoms with Gasteiger partial charge in [0.15, 0.2) is 0 Å². The third-order valence-electron chi connectivity index (χ3n) is 2.24. The Morgan fingerprint density at radius 1 is 1.41 bits per heavy atom. The molecular formula is C12H12N2O3. The second kappa shape index (κ2) is 4.69. The fourth-order valence-corrected chi connectivity index (χ4v) is 1.39. The summed E-state index contributed by atoms with van der Waals surface area (Å²) in [6.07, 6.45) is 0. The molecule has 0 saturated carbocycles. The highest BCUT2D eigenvalue weighted by Gasteiger charge is 2.06. The molecule has 0 saturated heterocycles. The normalized spacial score (nSPS) is 10.2. The van der Waals surface area contributed by atoms with E-state index in [4.69, 9.17) is 9.63 Å². The summed E-state index contributed by atoms with van der Waals surface area (Å²) in [6, 6.07) is 7.80. The molecule has 0 atom stereocenters. The van der Waals surface area contributed by atoms with Gasteiger partial charge in [0.25, 0.3) is 5.91 Å². The Morgan fingerprint density at radius 2 is 2.12 bits per heavy atom. The molecule has 5 heteroatoms. The molecule has 1 amide bonds. The molecule has 5 nitrogen and oxygen atoms in total. The molecule has 1 heterocycles. The maximum absolute atomic E-state index is 11.7. The van der Waals surface area contributed by atoms with E-state index in [0.717, 1.165) is 0 Å². The second-order valence-electron chi connectivity index (χ2n) is 3.66. The van der Waals surface area contributed by atoms with Gasteiger partial charge in [-0.05, 0) is 31.2 Å². The van der Waals surface area contributed by atoms with Crippen molar-refractivity contribution in [2.75, 3.05) is 0 Å². The molecule has 0 unspecified atom stereocenters. The topological polar surface area (TPSA) is 75.4 Å². The molecule has 0 aliphatic heterocycles. The number of hydrogen-bond acceptors (Lipinski definition) is 4. The van der Waals surface area contributed by atoms with Crippen LogP contribution in [0.25, 0.3) is 0 Å². The van der Waals surface area contributed by atoms with Gasteiger partial charge in [-0.25, -0.2) is 0 Å². The Hall–Kier alpha value is -2.30. The number of benzene rings is 1. The van der Waals surface area contributed by atoms with E-state index in [1.807, 2.05) is 0 Å². The van der Waals surface area contributed by atoms with Crippen molar-refractivity contribution in [2.45, 2.75) is 13.5 Å². The van der Waals surface area contributed by atoms with Crippen LogP contribution in [0.3, 0.4) is 0 Å². The fourth-order valence-electron chi connectivity index (χ4n) is 1.39. The van der Waals surface area contributed by atoms with Crippen LogP contribution in [0, 0.1) is 6.92 Å². The summed E-state index contributed by atoms with van der Waals surface area (Å²) >= 11 is 0. The van der Waals surface area contributed by atoms with E-state index in [2.05, 4.69) is 10.5 Å². The van der Waals surface area contributed by atoms with Crippen LogP contribution in [-0.4, -0.2) is 16.2 Å². The minimum atomic E-state index is -0.217. The van der Waals surface area contributed by atoms with Gasteiger partial charge in [0.1, 0.15) is 17.2 Å². The predicted octanol–water partition coefficient (Wildman–Crippen LogP) is 1.62. The Balaban J connectivity index is 1.95. The van der Waals surface area contributed by atoms with Gasteiger partial charge in [-0.15, -0.1) is 0 Å². The Labute approximate surface area is 98.1 Å². The SMILES string of the molecule is Cc1cc(CNC(=O)c2ccc(O)cc2)no1. The molecule has 2 N–H and O–H groups in total. The van der Waals surface area contributed by atoms with E-state index < -0.39 is 0 Å². The molecule has 0 aliphatic rings. The largest absolute Gasteiger partial charge is 0.508 e. The van der Waals surface area contributed by atoms with Gasteiger partial charge >= 0.3 is 0 Å². The van der Waals surface area contributed by atoms with Crippen molar-refractivity contribution in [3.8, 4) is 5.75 Å².